The predicted molar refractivity (Wildman–Crippen MR) is 65.7 cm³/mol. The Kier molecular flexibility index (Phi) is 6.67. The number of hydrogen-bond acceptors (Lipinski definition) is 2. The van der Waals surface area contributed by atoms with Crippen molar-refractivity contribution < 1.29 is 14.7 Å². The number of carboxylic acid groups (broad SMARTS) is 1. The van der Waals surface area contributed by atoms with E-state index in [0.717, 1.165) is 25.7 Å². The van der Waals surface area contributed by atoms with Crippen molar-refractivity contribution in [3.05, 3.63) is 0 Å². The molecule has 0 heterocycles. The van der Waals surface area contributed by atoms with Crippen LogP contribution in [0.1, 0.15) is 57.8 Å². The Hall–Kier alpha value is -1.06. The third kappa shape index (κ3) is 6.29. The van der Waals surface area contributed by atoms with Crippen molar-refractivity contribution in [1.82, 2.24) is 5.32 Å². The van der Waals surface area contributed by atoms with Crippen molar-refractivity contribution in [3.63, 3.8) is 0 Å². The third-order valence-electron chi connectivity index (χ3n) is 3.34. The van der Waals surface area contributed by atoms with Crippen LogP contribution in [0.3, 0.4) is 0 Å². The zero-order chi connectivity index (χ0) is 12.5. The van der Waals surface area contributed by atoms with Crippen LogP contribution in [0.4, 0.5) is 0 Å². The van der Waals surface area contributed by atoms with Gasteiger partial charge in [0.25, 0.3) is 0 Å². The van der Waals surface area contributed by atoms with Crippen LogP contribution >= 0.6 is 0 Å². The Morgan fingerprint density at radius 3 is 2.41 bits per heavy atom. The summed E-state index contributed by atoms with van der Waals surface area (Å²) in [7, 11) is 0. The highest BCUT2D eigenvalue weighted by molar-refractivity contribution is 5.78. The van der Waals surface area contributed by atoms with E-state index in [4.69, 9.17) is 5.11 Å². The summed E-state index contributed by atoms with van der Waals surface area (Å²) in [6.07, 6.45) is 8.37. The molecule has 4 heteroatoms. The summed E-state index contributed by atoms with van der Waals surface area (Å²) in [5.41, 5.74) is 0. The zero-order valence-electron chi connectivity index (χ0n) is 10.4. The smallest absolute Gasteiger partial charge is 0.303 e. The fourth-order valence-corrected chi connectivity index (χ4v) is 2.30. The molecule has 1 saturated carbocycles. The van der Waals surface area contributed by atoms with Crippen LogP contribution in [0.5, 0.6) is 0 Å². The van der Waals surface area contributed by atoms with Gasteiger partial charge in [-0.3, -0.25) is 9.59 Å². The lowest BCUT2D eigenvalue weighted by Gasteiger charge is -2.20. The van der Waals surface area contributed by atoms with E-state index in [1.54, 1.807) is 0 Å². The summed E-state index contributed by atoms with van der Waals surface area (Å²) >= 11 is 0. The Morgan fingerprint density at radius 2 is 1.76 bits per heavy atom. The summed E-state index contributed by atoms with van der Waals surface area (Å²) in [5.74, 6) is -0.318. The van der Waals surface area contributed by atoms with Crippen LogP contribution < -0.4 is 5.32 Å². The van der Waals surface area contributed by atoms with E-state index in [-0.39, 0.29) is 18.2 Å². The van der Waals surface area contributed by atoms with E-state index >= 15 is 0 Å². The lowest BCUT2D eigenvalue weighted by molar-refractivity contribution is -0.137. The summed E-state index contributed by atoms with van der Waals surface area (Å²) in [6, 6.07) is 0. The van der Waals surface area contributed by atoms with Crippen LogP contribution in [0.25, 0.3) is 0 Å². The molecule has 0 unspecified atom stereocenters. The molecule has 0 aromatic carbocycles. The monoisotopic (exact) mass is 241 g/mol. The number of hydrogen-bond donors (Lipinski definition) is 2. The average molecular weight is 241 g/mol. The SMILES string of the molecule is O=C(O)CCCCCNC(=O)C1CCCCC1. The highest BCUT2D eigenvalue weighted by atomic mass is 16.4. The molecule has 0 saturated heterocycles. The van der Waals surface area contributed by atoms with Gasteiger partial charge in [0.05, 0.1) is 0 Å². The van der Waals surface area contributed by atoms with E-state index in [0.29, 0.717) is 13.0 Å². The number of nitrogens with one attached hydrogen (secondary N) is 1. The molecule has 1 amide bonds. The molecular formula is C13H23NO3. The second kappa shape index (κ2) is 8.09. The lowest BCUT2D eigenvalue weighted by atomic mass is 9.89. The highest BCUT2D eigenvalue weighted by Crippen LogP contribution is 2.23. The molecule has 1 fully saturated rings. The van der Waals surface area contributed by atoms with Gasteiger partial charge in [-0.2, -0.15) is 0 Å². The van der Waals surface area contributed by atoms with Crippen molar-refractivity contribution in [1.29, 1.82) is 0 Å². The fraction of sp³-hybridized carbons (Fsp3) is 0.846. The van der Waals surface area contributed by atoms with E-state index in [9.17, 15) is 9.59 Å². The van der Waals surface area contributed by atoms with Gasteiger partial charge in [0.1, 0.15) is 0 Å². The molecular weight excluding hydrogens is 218 g/mol. The predicted octanol–water partition coefficient (Wildman–Crippen LogP) is 2.33. The van der Waals surface area contributed by atoms with E-state index in [2.05, 4.69) is 5.32 Å². The molecule has 98 valence electrons. The molecule has 2 N–H and O–H groups in total. The molecule has 4 nitrogen and oxygen atoms in total. The number of aliphatic carboxylic acids is 1. The Bertz CT molecular complexity index is 247. The molecule has 0 aromatic heterocycles. The minimum Gasteiger partial charge on any atom is -0.481 e. The topological polar surface area (TPSA) is 66.4 Å². The van der Waals surface area contributed by atoms with Crippen molar-refractivity contribution >= 4 is 11.9 Å². The molecule has 1 rings (SSSR count). The lowest BCUT2D eigenvalue weighted by Crippen LogP contribution is -2.32. The van der Waals surface area contributed by atoms with Crippen molar-refractivity contribution in [2.45, 2.75) is 57.8 Å². The first-order valence-corrected chi connectivity index (χ1v) is 6.69. The largest absolute Gasteiger partial charge is 0.481 e. The standard InChI is InChI=1S/C13H23NO3/c15-12(16)9-5-2-6-10-14-13(17)11-7-3-1-4-8-11/h11H,1-10H2,(H,14,17)(H,15,16). The van der Waals surface area contributed by atoms with E-state index in [1.807, 2.05) is 0 Å². The first-order chi connectivity index (χ1) is 8.20. The fourth-order valence-electron chi connectivity index (χ4n) is 2.30. The third-order valence-corrected chi connectivity index (χ3v) is 3.34. The summed E-state index contributed by atoms with van der Waals surface area (Å²) < 4.78 is 0. The van der Waals surface area contributed by atoms with Gasteiger partial charge in [0.2, 0.25) is 5.91 Å². The van der Waals surface area contributed by atoms with Gasteiger partial charge in [-0.15, -0.1) is 0 Å². The summed E-state index contributed by atoms with van der Waals surface area (Å²) in [6.45, 7) is 0.689. The first-order valence-electron chi connectivity index (χ1n) is 6.69. The van der Waals surface area contributed by atoms with E-state index < -0.39 is 5.97 Å². The second-order valence-electron chi connectivity index (χ2n) is 4.83. The summed E-state index contributed by atoms with van der Waals surface area (Å²) in [5, 5.41) is 11.4. The Balaban J connectivity index is 1.98. The molecule has 1 aliphatic carbocycles. The average Bonchev–Trinajstić information content (AvgIpc) is 2.34. The highest BCUT2D eigenvalue weighted by Gasteiger charge is 2.20. The zero-order valence-corrected chi connectivity index (χ0v) is 10.4. The van der Waals surface area contributed by atoms with Gasteiger partial charge >= 0.3 is 5.97 Å². The van der Waals surface area contributed by atoms with Crippen LogP contribution in [0, 0.1) is 5.92 Å². The summed E-state index contributed by atoms with van der Waals surface area (Å²) in [4.78, 5) is 22.0. The molecule has 0 aliphatic heterocycles. The quantitative estimate of drug-likeness (QED) is 0.672. The van der Waals surface area contributed by atoms with E-state index in [1.165, 1.54) is 19.3 Å². The number of rotatable bonds is 7. The van der Waals surface area contributed by atoms with Gasteiger partial charge in [0.15, 0.2) is 0 Å². The van der Waals surface area contributed by atoms with Crippen LogP contribution in [0.2, 0.25) is 0 Å². The number of carbonyl (C=O) groups is 2. The van der Waals surface area contributed by atoms with Crippen molar-refractivity contribution in [2.24, 2.45) is 5.92 Å². The number of carbonyl (C=O) groups excluding carboxylic acids is 1. The molecule has 0 bridgehead atoms. The molecule has 17 heavy (non-hydrogen) atoms. The number of unbranched alkanes of at least 4 members (excludes halogenated alkanes) is 2. The van der Waals surface area contributed by atoms with Gasteiger partial charge in [-0.05, 0) is 25.7 Å². The molecule has 0 atom stereocenters. The van der Waals surface area contributed by atoms with Gasteiger partial charge in [0, 0.05) is 18.9 Å². The van der Waals surface area contributed by atoms with Crippen molar-refractivity contribution in [2.75, 3.05) is 6.54 Å². The normalized spacial score (nSPS) is 16.7. The minimum atomic E-state index is -0.740. The van der Waals surface area contributed by atoms with Crippen LogP contribution in [0.15, 0.2) is 0 Å². The number of carboxylic acids is 1. The van der Waals surface area contributed by atoms with Crippen LogP contribution in [-0.4, -0.2) is 23.5 Å². The maximum absolute atomic E-state index is 11.7. The molecule has 1 aliphatic rings. The van der Waals surface area contributed by atoms with Crippen LogP contribution in [-0.2, 0) is 9.59 Å². The first kappa shape index (κ1) is 14.0. The molecule has 0 aromatic rings. The Labute approximate surface area is 103 Å². The molecule has 0 radical (unpaired) electrons. The maximum atomic E-state index is 11.7. The Morgan fingerprint density at radius 1 is 1.06 bits per heavy atom. The van der Waals surface area contributed by atoms with Crippen molar-refractivity contribution in [3.8, 4) is 0 Å². The minimum absolute atomic E-state index is 0.197. The number of amides is 1. The maximum Gasteiger partial charge on any atom is 0.303 e. The van der Waals surface area contributed by atoms with Gasteiger partial charge in [-0.25, -0.2) is 0 Å². The second-order valence-corrected chi connectivity index (χ2v) is 4.83. The van der Waals surface area contributed by atoms with Gasteiger partial charge in [-0.1, -0.05) is 25.7 Å². The van der Waals surface area contributed by atoms with Gasteiger partial charge < -0.3 is 10.4 Å². The molecule has 0 spiro atoms.